The van der Waals surface area contributed by atoms with Gasteiger partial charge in [0, 0.05) is 54.8 Å². The fourth-order valence-electron chi connectivity index (χ4n) is 5.17. The standard InChI is InChI=1S/C23H28N4OS/c1-17-8-9-21(29-17)14-26-12-20-13-27(22-24-18(2)28-25-22)16-23(20,15-26)11-10-19-6-4-3-5-7-19/h3-9,20H,10-16H2,1-2H3. The Morgan fingerprint density at radius 3 is 2.69 bits per heavy atom. The van der Waals surface area contributed by atoms with Crippen molar-refractivity contribution in [1.82, 2.24) is 15.0 Å². The van der Waals surface area contributed by atoms with Crippen molar-refractivity contribution in [3.63, 3.8) is 0 Å². The summed E-state index contributed by atoms with van der Waals surface area (Å²) in [6.07, 6.45) is 2.33. The van der Waals surface area contributed by atoms with E-state index >= 15 is 0 Å². The maximum absolute atomic E-state index is 5.25. The summed E-state index contributed by atoms with van der Waals surface area (Å²) in [5.41, 5.74) is 1.72. The Morgan fingerprint density at radius 2 is 1.97 bits per heavy atom. The van der Waals surface area contributed by atoms with Gasteiger partial charge in [-0.1, -0.05) is 30.3 Å². The number of nitrogens with zero attached hydrogens (tertiary/aromatic N) is 4. The van der Waals surface area contributed by atoms with Gasteiger partial charge >= 0.3 is 0 Å². The quantitative estimate of drug-likeness (QED) is 0.608. The van der Waals surface area contributed by atoms with Crippen molar-refractivity contribution < 1.29 is 4.52 Å². The van der Waals surface area contributed by atoms with Gasteiger partial charge in [-0.3, -0.25) is 4.90 Å². The average Bonchev–Trinajstić information content (AvgIpc) is 3.45. The van der Waals surface area contributed by atoms with Crippen molar-refractivity contribution in [2.45, 2.75) is 33.2 Å². The van der Waals surface area contributed by atoms with E-state index in [4.69, 9.17) is 4.52 Å². The van der Waals surface area contributed by atoms with Crippen LogP contribution in [-0.2, 0) is 13.0 Å². The molecule has 3 aromatic rings. The van der Waals surface area contributed by atoms with Crippen molar-refractivity contribution in [3.8, 4) is 0 Å². The van der Waals surface area contributed by atoms with Crippen molar-refractivity contribution in [2.75, 3.05) is 31.1 Å². The molecule has 1 aromatic carbocycles. The number of benzene rings is 1. The first kappa shape index (κ1) is 18.8. The smallest absolute Gasteiger partial charge is 0.266 e. The number of anilines is 1. The molecule has 2 saturated heterocycles. The van der Waals surface area contributed by atoms with Gasteiger partial charge in [0.25, 0.3) is 5.95 Å². The number of hydrogen-bond acceptors (Lipinski definition) is 6. The Bertz CT molecular complexity index is 968. The first-order valence-corrected chi connectivity index (χ1v) is 11.3. The summed E-state index contributed by atoms with van der Waals surface area (Å²) in [7, 11) is 0. The van der Waals surface area contributed by atoms with Crippen LogP contribution >= 0.6 is 11.3 Å². The highest BCUT2D eigenvalue weighted by atomic mass is 32.1. The number of aromatic nitrogens is 2. The number of aryl methyl sites for hydroxylation is 3. The Labute approximate surface area is 176 Å². The van der Waals surface area contributed by atoms with Crippen molar-refractivity contribution in [3.05, 3.63) is 63.7 Å². The highest BCUT2D eigenvalue weighted by molar-refractivity contribution is 7.11. The molecule has 0 radical (unpaired) electrons. The van der Waals surface area contributed by atoms with E-state index in [1.807, 2.05) is 18.3 Å². The van der Waals surface area contributed by atoms with Crippen LogP contribution in [0.2, 0.25) is 0 Å². The minimum atomic E-state index is 0.288. The highest BCUT2D eigenvalue weighted by Gasteiger charge is 2.52. The van der Waals surface area contributed by atoms with Crippen LogP contribution in [0.25, 0.3) is 0 Å². The summed E-state index contributed by atoms with van der Waals surface area (Å²) in [4.78, 5) is 12.4. The maximum Gasteiger partial charge on any atom is 0.266 e. The van der Waals surface area contributed by atoms with E-state index in [1.165, 1.54) is 21.7 Å². The molecule has 2 aliphatic heterocycles. The molecule has 2 aromatic heterocycles. The largest absolute Gasteiger partial charge is 0.338 e. The molecule has 0 bridgehead atoms. The molecule has 5 nitrogen and oxygen atoms in total. The van der Waals surface area contributed by atoms with Gasteiger partial charge in [0.1, 0.15) is 0 Å². The Morgan fingerprint density at radius 1 is 1.10 bits per heavy atom. The van der Waals surface area contributed by atoms with Crippen LogP contribution in [0.3, 0.4) is 0 Å². The van der Waals surface area contributed by atoms with Gasteiger partial charge in [0.2, 0.25) is 5.89 Å². The third-order valence-corrected chi connectivity index (χ3v) is 7.54. The second-order valence-electron chi connectivity index (χ2n) is 8.72. The molecule has 2 fully saturated rings. The number of thiophene rings is 1. The van der Waals surface area contributed by atoms with Gasteiger partial charge in [-0.2, -0.15) is 4.98 Å². The average molecular weight is 409 g/mol. The Kier molecular flexibility index (Phi) is 4.92. The summed E-state index contributed by atoms with van der Waals surface area (Å²) in [6, 6.07) is 15.4. The molecule has 0 amide bonds. The van der Waals surface area contributed by atoms with Crippen LogP contribution in [0.4, 0.5) is 5.95 Å². The summed E-state index contributed by atoms with van der Waals surface area (Å²) >= 11 is 1.93. The van der Waals surface area contributed by atoms with Crippen LogP contribution < -0.4 is 4.90 Å². The van der Waals surface area contributed by atoms with Crippen LogP contribution in [0.1, 0.15) is 27.6 Å². The van der Waals surface area contributed by atoms with Crippen molar-refractivity contribution in [2.24, 2.45) is 11.3 Å². The third-order valence-electron chi connectivity index (χ3n) is 6.56. The van der Waals surface area contributed by atoms with Gasteiger partial charge in [0.05, 0.1) is 0 Å². The molecule has 2 unspecified atom stereocenters. The number of fused-ring (bicyclic) bond motifs is 1. The SMILES string of the molecule is Cc1nc(N2CC3CN(Cc4ccc(C)s4)CC3(CCc3ccccc3)C2)no1. The third kappa shape index (κ3) is 3.83. The predicted octanol–water partition coefficient (Wildman–Crippen LogP) is 4.32. The molecule has 0 aliphatic carbocycles. The first-order chi connectivity index (χ1) is 14.1. The molecule has 0 N–H and O–H groups in total. The Balaban J connectivity index is 1.34. The zero-order valence-electron chi connectivity index (χ0n) is 17.2. The zero-order valence-corrected chi connectivity index (χ0v) is 18.0. The predicted molar refractivity (Wildman–Crippen MR) is 116 cm³/mol. The second-order valence-corrected chi connectivity index (χ2v) is 10.1. The van der Waals surface area contributed by atoms with Gasteiger partial charge in [-0.25, -0.2) is 0 Å². The van der Waals surface area contributed by atoms with Crippen molar-refractivity contribution in [1.29, 1.82) is 0 Å². The van der Waals surface area contributed by atoms with E-state index in [0.29, 0.717) is 11.8 Å². The molecule has 6 heteroatoms. The van der Waals surface area contributed by atoms with Crippen molar-refractivity contribution >= 4 is 17.3 Å². The van der Waals surface area contributed by atoms with Gasteiger partial charge in [0.15, 0.2) is 0 Å². The molecular formula is C23H28N4OS. The lowest BCUT2D eigenvalue weighted by Crippen LogP contribution is -2.35. The Hall–Kier alpha value is -2.18. The van der Waals surface area contributed by atoms with Crippen LogP contribution in [0.5, 0.6) is 0 Å². The van der Waals surface area contributed by atoms with E-state index in [1.54, 1.807) is 0 Å². The lowest BCUT2D eigenvalue weighted by atomic mass is 9.76. The van der Waals surface area contributed by atoms with Gasteiger partial charge in [-0.15, -0.1) is 11.3 Å². The second kappa shape index (κ2) is 7.58. The number of likely N-dealkylation sites (tertiary alicyclic amines) is 1. The van der Waals surface area contributed by atoms with E-state index in [-0.39, 0.29) is 5.41 Å². The summed E-state index contributed by atoms with van der Waals surface area (Å²) in [6.45, 7) is 9.47. The minimum Gasteiger partial charge on any atom is -0.338 e. The van der Waals surface area contributed by atoms with Crippen LogP contribution in [0, 0.1) is 25.2 Å². The molecule has 152 valence electrons. The molecule has 2 atom stereocenters. The topological polar surface area (TPSA) is 45.4 Å². The fourth-order valence-corrected chi connectivity index (χ4v) is 6.10. The monoisotopic (exact) mass is 408 g/mol. The first-order valence-electron chi connectivity index (χ1n) is 10.5. The normalized spacial score (nSPS) is 24.3. The minimum absolute atomic E-state index is 0.288. The molecular weight excluding hydrogens is 380 g/mol. The van der Waals surface area contributed by atoms with Crippen LogP contribution in [-0.4, -0.2) is 41.2 Å². The number of hydrogen-bond donors (Lipinski definition) is 0. The zero-order chi connectivity index (χ0) is 19.8. The fraction of sp³-hybridized carbons (Fsp3) is 0.478. The molecule has 5 rings (SSSR count). The summed E-state index contributed by atoms with van der Waals surface area (Å²) in [5.74, 6) is 2.05. The molecule has 0 saturated carbocycles. The lowest BCUT2D eigenvalue weighted by Gasteiger charge is -2.29. The van der Waals surface area contributed by atoms with Gasteiger partial charge < -0.3 is 9.42 Å². The van der Waals surface area contributed by atoms with E-state index in [2.05, 4.69) is 69.3 Å². The highest BCUT2D eigenvalue weighted by Crippen LogP contribution is 2.47. The molecule has 2 aliphatic rings. The molecule has 29 heavy (non-hydrogen) atoms. The van der Waals surface area contributed by atoms with E-state index in [0.717, 1.165) is 45.1 Å². The van der Waals surface area contributed by atoms with E-state index in [9.17, 15) is 0 Å². The summed E-state index contributed by atoms with van der Waals surface area (Å²) < 4.78 is 5.25. The lowest BCUT2D eigenvalue weighted by molar-refractivity contribution is 0.241. The van der Waals surface area contributed by atoms with Crippen LogP contribution in [0.15, 0.2) is 47.0 Å². The summed E-state index contributed by atoms with van der Waals surface area (Å²) in [5, 5.41) is 4.19. The van der Waals surface area contributed by atoms with E-state index < -0.39 is 0 Å². The molecule has 4 heterocycles. The molecule has 0 spiro atoms. The number of rotatable bonds is 6. The maximum atomic E-state index is 5.25. The van der Waals surface area contributed by atoms with Gasteiger partial charge in [-0.05, 0) is 48.5 Å².